The monoisotopic (exact) mass is 439 g/mol. The van der Waals surface area contributed by atoms with Gasteiger partial charge in [-0.15, -0.1) is 0 Å². The number of carbonyl (C=O) groups excluding carboxylic acids is 2. The van der Waals surface area contributed by atoms with E-state index in [1.54, 1.807) is 30.3 Å². The number of para-hydroxylation sites is 2. The predicted octanol–water partition coefficient (Wildman–Crippen LogP) is 4.27. The van der Waals surface area contributed by atoms with E-state index in [-0.39, 0.29) is 11.6 Å². The van der Waals surface area contributed by atoms with Crippen molar-refractivity contribution in [1.82, 2.24) is 15.2 Å². The van der Waals surface area contributed by atoms with Crippen LogP contribution in [0.4, 0.5) is 0 Å². The fraction of sp³-hybridized carbons (Fsp3) is 0.111. The second kappa shape index (κ2) is 9.87. The molecule has 0 atom stereocenters. The van der Waals surface area contributed by atoms with Crippen molar-refractivity contribution in [2.24, 2.45) is 7.05 Å². The van der Waals surface area contributed by atoms with Gasteiger partial charge in [0.1, 0.15) is 11.4 Å². The maximum atomic E-state index is 13.2. The SMILES string of the molecule is COc1ccccc1C(=O)N/C(=C\c1cn(C)c2ccccc12)C(=O)NCc1ccccc1. The Balaban J connectivity index is 1.67. The Labute approximate surface area is 192 Å². The number of ether oxygens (including phenoxy) is 1. The molecule has 166 valence electrons. The van der Waals surface area contributed by atoms with Gasteiger partial charge in [0.15, 0.2) is 0 Å². The van der Waals surface area contributed by atoms with Crippen molar-refractivity contribution in [2.75, 3.05) is 7.11 Å². The number of aromatic nitrogens is 1. The first-order chi connectivity index (χ1) is 16.1. The van der Waals surface area contributed by atoms with Gasteiger partial charge in [0, 0.05) is 36.3 Å². The number of aryl methyl sites for hydroxylation is 1. The van der Waals surface area contributed by atoms with E-state index in [1.807, 2.05) is 72.4 Å². The van der Waals surface area contributed by atoms with E-state index in [9.17, 15) is 9.59 Å². The van der Waals surface area contributed by atoms with Crippen molar-refractivity contribution in [1.29, 1.82) is 0 Å². The molecule has 6 heteroatoms. The van der Waals surface area contributed by atoms with Crippen molar-refractivity contribution in [3.63, 3.8) is 0 Å². The number of benzene rings is 3. The minimum Gasteiger partial charge on any atom is -0.496 e. The summed E-state index contributed by atoms with van der Waals surface area (Å²) in [5.41, 5.74) is 3.33. The minimum absolute atomic E-state index is 0.151. The van der Waals surface area contributed by atoms with Crippen LogP contribution in [0.15, 0.2) is 90.8 Å². The fourth-order valence-corrected chi connectivity index (χ4v) is 3.70. The number of nitrogens with zero attached hydrogens (tertiary/aromatic N) is 1. The molecule has 0 aliphatic rings. The molecule has 3 aromatic carbocycles. The molecule has 2 N–H and O–H groups in total. The van der Waals surface area contributed by atoms with E-state index in [4.69, 9.17) is 4.74 Å². The van der Waals surface area contributed by atoms with Crippen molar-refractivity contribution < 1.29 is 14.3 Å². The zero-order valence-electron chi connectivity index (χ0n) is 18.5. The average Bonchev–Trinajstić information content (AvgIpc) is 3.18. The van der Waals surface area contributed by atoms with Crippen LogP contribution in [0.2, 0.25) is 0 Å². The first-order valence-electron chi connectivity index (χ1n) is 10.6. The van der Waals surface area contributed by atoms with E-state index < -0.39 is 5.91 Å². The highest BCUT2D eigenvalue weighted by atomic mass is 16.5. The zero-order valence-corrected chi connectivity index (χ0v) is 18.5. The van der Waals surface area contributed by atoms with Crippen molar-refractivity contribution in [3.8, 4) is 5.75 Å². The van der Waals surface area contributed by atoms with Crippen LogP contribution in [0.5, 0.6) is 5.75 Å². The fourth-order valence-electron chi connectivity index (χ4n) is 3.70. The zero-order chi connectivity index (χ0) is 23.2. The van der Waals surface area contributed by atoms with Gasteiger partial charge in [-0.1, -0.05) is 60.7 Å². The molecule has 0 aliphatic heterocycles. The third-order valence-corrected chi connectivity index (χ3v) is 5.37. The summed E-state index contributed by atoms with van der Waals surface area (Å²) in [4.78, 5) is 26.2. The number of hydrogen-bond donors (Lipinski definition) is 2. The molecular weight excluding hydrogens is 414 g/mol. The lowest BCUT2D eigenvalue weighted by Crippen LogP contribution is -2.34. The Morgan fingerprint density at radius 2 is 1.64 bits per heavy atom. The lowest BCUT2D eigenvalue weighted by atomic mass is 10.1. The van der Waals surface area contributed by atoms with Gasteiger partial charge >= 0.3 is 0 Å². The predicted molar refractivity (Wildman–Crippen MR) is 130 cm³/mol. The number of methoxy groups -OCH3 is 1. The molecular formula is C27H25N3O3. The molecule has 2 amide bonds. The summed E-state index contributed by atoms with van der Waals surface area (Å²) in [5.74, 6) is -0.368. The maximum Gasteiger partial charge on any atom is 0.268 e. The van der Waals surface area contributed by atoms with Crippen LogP contribution in [0, 0.1) is 0 Å². The van der Waals surface area contributed by atoms with Gasteiger partial charge in [-0.2, -0.15) is 0 Å². The molecule has 4 aromatic rings. The van der Waals surface area contributed by atoms with E-state index in [0.29, 0.717) is 17.9 Å². The van der Waals surface area contributed by atoms with Crippen molar-refractivity contribution in [2.45, 2.75) is 6.54 Å². The van der Waals surface area contributed by atoms with Crippen molar-refractivity contribution >= 4 is 28.8 Å². The number of rotatable bonds is 7. The second-order valence-corrected chi connectivity index (χ2v) is 7.59. The van der Waals surface area contributed by atoms with Gasteiger partial charge in [-0.05, 0) is 29.8 Å². The minimum atomic E-state index is -0.422. The van der Waals surface area contributed by atoms with Crippen LogP contribution < -0.4 is 15.4 Å². The summed E-state index contributed by atoms with van der Waals surface area (Å²) in [7, 11) is 3.45. The van der Waals surface area contributed by atoms with E-state index >= 15 is 0 Å². The largest absolute Gasteiger partial charge is 0.496 e. The molecule has 1 aromatic heterocycles. The van der Waals surface area contributed by atoms with Crippen LogP contribution in [0.3, 0.4) is 0 Å². The van der Waals surface area contributed by atoms with Gasteiger partial charge in [0.25, 0.3) is 11.8 Å². The Kier molecular flexibility index (Phi) is 6.55. The highest BCUT2D eigenvalue weighted by Crippen LogP contribution is 2.23. The topological polar surface area (TPSA) is 72.4 Å². The van der Waals surface area contributed by atoms with Gasteiger partial charge in [0.2, 0.25) is 0 Å². The molecule has 4 rings (SSSR count). The Bertz CT molecular complexity index is 1320. The number of nitrogens with one attached hydrogen (secondary N) is 2. The molecule has 0 bridgehead atoms. The van der Waals surface area contributed by atoms with Crippen LogP contribution in [0.1, 0.15) is 21.5 Å². The van der Waals surface area contributed by atoms with Crippen molar-refractivity contribution in [3.05, 3.63) is 107 Å². The number of amides is 2. The summed E-state index contributed by atoms with van der Waals surface area (Å²) in [5, 5.41) is 6.67. The summed E-state index contributed by atoms with van der Waals surface area (Å²) >= 11 is 0. The molecule has 33 heavy (non-hydrogen) atoms. The second-order valence-electron chi connectivity index (χ2n) is 7.59. The Morgan fingerprint density at radius 3 is 2.42 bits per heavy atom. The summed E-state index contributed by atoms with van der Waals surface area (Å²) in [6, 6.07) is 24.4. The first-order valence-corrected chi connectivity index (χ1v) is 10.6. The number of fused-ring (bicyclic) bond motifs is 1. The molecule has 1 heterocycles. The van der Waals surface area contributed by atoms with Crippen LogP contribution in [-0.4, -0.2) is 23.5 Å². The molecule has 0 radical (unpaired) electrons. The molecule has 0 unspecified atom stereocenters. The van der Waals surface area contributed by atoms with Gasteiger partial charge in [-0.25, -0.2) is 0 Å². The molecule has 6 nitrogen and oxygen atoms in total. The standard InChI is InChI=1S/C27H25N3O3/c1-30-18-20(21-12-6-8-14-24(21)30)16-23(27(32)28-17-19-10-4-3-5-11-19)29-26(31)22-13-7-9-15-25(22)33-2/h3-16,18H,17H2,1-2H3,(H,28,32)(H,29,31)/b23-16-. The van der Waals surface area contributed by atoms with Crippen LogP contribution >= 0.6 is 0 Å². The Hall–Kier alpha value is -4.32. The maximum absolute atomic E-state index is 13.2. The molecule has 0 saturated carbocycles. The highest BCUT2D eigenvalue weighted by Gasteiger charge is 2.18. The summed E-state index contributed by atoms with van der Waals surface area (Å²) in [6.07, 6.45) is 3.64. The Morgan fingerprint density at radius 1 is 0.939 bits per heavy atom. The quantitative estimate of drug-likeness (QED) is 0.423. The lowest BCUT2D eigenvalue weighted by molar-refractivity contribution is -0.117. The van der Waals surface area contributed by atoms with E-state index in [2.05, 4.69) is 10.6 Å². The first kappa shape index (κ1) is 21.9. The summed E-state index contributed by atoms with van der Waals surface area (Å²) < 4.78 is 7.30. The smallest absolute Gasteiger partial charge is 0.268 e. The van der Waals surface area contributed by atoms with E-state index in [0.717, 1.165) is 22.0 Å². The molecule has 0 spiro atoms. The molecule has 0 aliphatic carbocycles. The molecule has 0 saturated heterocycles. The number of carbonyl (C=O) groups is 2. The average molecular weight is 440 g/mol. The highest BCUT2D eigenvalue weighted by molar-refractivity contribution is 6.07. The summed E-state index contributed by atoms with van der Waals surface area (Å²) in [6.45, 7) is 0.344. The third kappa shape index (κ3) is 4.96. The lowest BCUT2D eigenvalue weighted by Gasteiger charge is -2.13. The van der Waals surface area contributed by atoms with Crippen LogP contribution in [-0.2, 0) is 18.4 Å². The van der Waals surface area contributed by atoms with Gasteiger partial charge < -0.3 is 19.9 Å². The van der Waals surface area contributed by atoms with Gasteiger partial charge in [0.05, 0.1) is 12.7 Å². The number of hydrogen-bond acceptors (Lipinski definition) is 3. The van der Waals surface area contributed by atoms with Gasteiger partial charge in [-0.3, -0.25) is 9.59 Å². The van der Waals surface area contributed by atoms with Crippen LogP contribution in [0.25, 0.3) is 17.0 Å². The molecule has 0 fully saturated rings. The van der Waals surface area contributed by atoms with E-state index in [1.165, 1.54) is 7.11 Å². The normalized spacial score (nSPS) is 11.3. The third-order valence-electron chi connectivity index (χ3n) is 5.37.